The monoisotopic (exact) mass is 372 g/mol. The summed E-state index contributed by atoms with van der Waals surface area (Å²) in [5, 5.41) is 9.47. The molecule has 0 aromatic heterocycles. The Morgan fingerprint density at radius 3 is 1.96 bits per heavy atom. The van der Waals surface area contributed by atoms with Crippen molar-refractivity contribution in [3.63, 3.8) is 0 Å². The molecular weight excluding hydrogens is 344 g/mol. The van der Waals surface area contributed by atoms with E-state index in [9.17, 15) is 5.11 Å². The van der Waals surface area contributed by atoms with E-state index in [-0.39, 0.29) is 0 Å². The molecule has 0 spiro atoms. The number of benzene rings is 2. The average molecular weight is 372 g/mol. The number of hydrogen-bond acceptors (Lipinski definition) is 6. The lowest BCUT2D eigenvalue weighted by atomic mass is 10.0. The molecule has 2 aromatic rings. The van der Waals surface area contributed by atoms with Gasteiger partial charge in [0.25, 0.3) is 0 Å². The molecule has 0 aliphatic carbocycles. The lowest BCUT2D eigenvalue weighted by Gasteiger charge is -2.39. The summed E-state index contributed by atoms with van der Waals surface area (Å²) in [5.74, 6) is 2.50. The first kappa shape index (κ1) is 19.0. The first-order chi connectivity index (χ1) is 13.1. The number of aromatic hydroxyl groups is 1. The molecule has 1 saturated heterocycles. The average Bonchev–Trinajstić information content (AvgIpc) is 2.72. The molecule has 3 rings (SSSR count). The predicted molar refractivity (Wildman–Crippen MR) is 108 cm³/mol. The molecule has 2 aromatic carbocycles. The summed E-state index contributed by atoms with van der Waals surface area (Å²) in [4.78, 5) is 4.61. The van der Waals surface area contributed by atoms with E-state index in [1.54, 1.807) is 33.5 Å². The van der Waals surface area contributed by atoms with Crippen LogP contribution in [0.15, 0.2) is 36.4 Å². The Labute approximate surface area is 160 Å². The van der Waals surface area contributed by atoms with Gasteiger partial charge in [0.15, 0.2) is 0 Å². The predicted octanol–water partition coefficient (Wildman–Crippen LogP) is 3.52. The standard InChI is InChI=1S/C21H28N2O4/c1-22(21-19(26-3)13-18(25-2)14-20(21)27-4)15-9-11-23(12-10-15)16-5-7-17(24)8-6-16/h5-8,13-15,24H,9-12H2,1-4H3. The molecule has 0 radical (unpaired) electrons. The highest BCUT2D eigenvalue weighted by Crippen LogP contribution is 2.42. The molecule has 0 saturated carbocycles. The third-order valence-electron chi connectivity index (χ3n) is 5.27. The zero-order valence-electron chi connectivity index (χ0n) is 16.4. The van der Waals surface area contributed by atoms with Crippen molar-refractivity contribution in [1.82, 2.24) is 0 Å². The molecule has 1 aliphatic heterocycles. The van der Waals surface area contributed by atoms with E-state index >= 15 is 0 Å². The normalized spacial score (nSPS) is 14.7. The van der Waals surface area contributed by atoms with E-state index in [1.807, 2.05) is 24.3 Å². The Morgan fingerprint density at radius 2 is 1.48 bits per heavy atom. The summed E-state index contributed by atoms with van der Waals surface area (Å²) in [6.45, 7) is 1.92. The fraction of sp³-hybridized carbons (Fsp3) is 0.429. The summed E-state index contributed by atoms with van der Waals surface area (Å²) >= 11 is 0. The molecule has 6 nitrogen and oxygen atoms in total. The van der Waals surface area contributed by atoms with E-state index < -0.39 is 0 Å². The highest BCUT2D eigenvalue weighted by atomic mass is 16.5. The van der Waals surface area contributed by atoms with E-state index in [2.05, 4.69) is 16.8 Å². The number of nitrogens with zero attached hydrogens (tertiary/aromatic N) is 2. The lowest BCUT2D eigenvalue weighted by molar-refractivity contribution is 0.372. The van der Waals surface area contributed by atoms with Crippen molar-refractivity contribution in [2.24, 2.45) is 0 Å². The lowest BCUT2D eigenvalue weighted by Crippen LogP contribution is -2.43. The van der Waals surface area contributed by atoms with Crippen molar-refractivity contribution >= 4 is 11.4 Å². The zero-order valence-corrected chi connectivity index (χ0v) is 16.4. The number of phenols is 1. The Hall–Kier alpha value is -2.76. The van der Waals surface area contributed by atoms with Crippen LogP contribution in [0.4, 0.5) is 11.4 Å². The van der Waals surface area contributed by atoms with Crippen molar-refractivity contribution in [3.8, 4) is 23.0 Å². The van der Waals surface area contributed by atoms with Crippen molar-refractivity contribution in [2.75, 3.05) is 51.3 Å². The van der Waals surface area contributed by atoms with Crippen LogP contribution in [0, 0.1) is 0 Å². The van der Waals surface area contributed by atoms with Crippen LogP contribution in [0.1, 0.15) is 12.8 Å². The summed E-state index contributed by atoms with van der Waals surface area (Å²) in [6, 6.07) is 11.6. The van der Waals surface area contributed by atoms with Crippen LogP contribution in [0.5, 0.6) is 23.0 Å². The molecular formula is C21H28N2O4. The maximum Gasteiger partial charge on any atom is 0.149 e. The van der Waals surface area contributed by atoms with Crippen LogP contribution in [-0.2, 0) is 0 Å². The van der Waals surface area contributed by atoms with Gasteiger partial charge in [0.05, 0.1) is 21.3 Å². The van der Waals surface area contributed by atoms with Gasteiger partial charge >= 0.3 is 0 Å². The third-order valence-corrected chi connectivity index (χ3v) is 5.27. The summed E-state index contributed by atoms with van der Waals surface area (Å²) in [5.41, 5.74) is 2.09. The van der Waals surface area contributed by atoms with Crippen LogP contribution < -0.4 is 24.0 Å². The number of hydrogen-bond donors (Lipinski definition) is 1. The summed E-state index contributed by atoms with van der Waals surface area (Å²) < 4.78 is 16.6. The Bertz CT molecular complexity index is 730. The van der Waals surface area contributed by atoms with Gasteiger partial charge in [-0.3, -0.25) is 0 Å². The number of phenolic OH excluding ortho intramolecular Hbond substituents is 1. The number of anilines is 2. The molecule has 1 aliphatic rings. The minimum atomic E-state index is 0.298. The van der Waals surface area contributed by atoms with Gasteiger partial charge < -0.3 is 29.1 Å². The Balaban J connectivity index is 1.75. The van der Waals surface area contributed by atoms with Gasteiger partial charge in [-0.1, -0.05) is 0 Å². The van der Waals surface area contributed by atoms with Crippen LogP contribution >= 0.6 is 0 Å². The fourth-order valence-electron chi connectivity index (χ4n) is 3.69. The Kier molecular flexibility index (Phi) is 5.84. The second-order valence-electron chi connectivity index (χ2n) is 6.73. The second kappa shape index (κ2) is 8.29. The molecule has 1 fully saturated rings. The quantitative estimate of drug-likeness (QED) is 0.837. The number of ether oxygens (including phenoxy) is 3. The van der Waals surface area contributed by atoms with Gasteiger partial charge in [-0.05, 0) is 37.1 Å². The summed E-state index contributed by atoms with van der Waals surface area (Å²) in [7, 11) is 7.06. The highest BCUT2D eigenvalue weighted by molar-refractivity contribution is 5.70. The van der Waals surface area contributed by atoms with Gasteiger partial charge in [0.1, 0.15) is 28.7 Å². The third kappa shape index (κ3) is 3.99. The van der Waals surface area contributed by atoms with Gasteiger partial charge in [0, 0.05) is 44.0 Å². The molecule has 1 N–H and O–H groups in total. The molecule has 27 heavy (non-hydrogen) atoms. The number of methoxy groups -OCH3 is 3. The van der Waals surface area contributed by atoms with E-state index in [1.165, 1.54) is 0 Å². The van der Waals surface area contributed by atoms with Gasteiger partial charge in [-0.25, -0.2) is 0 Å². The van der Waals surface area contributed by atoms with Crippen molar-refractivity contribution < 1.29 is 19.3 Å². The van der Waals surface area contributed by atoms with Crippen LogP contribution in [0.25, 0.3) is 0 Å². The van der Waals surface area contributed by atoms with Crippen LogP contribution in [0.2, 0.25) is 0 Å². The first-order valence-corrected chi connectivity index (χ1v) is 9.14. The van der Waals surface area contributed by atoms with Crippen molar-refractivity contribution in [3.05, 3.63) is 36.4 Å². The molecule has 0 atom stereocenters. The van der Waals surface area contributed by atoms with Crippen LogP contribution in [-0.4, -0.2) is 52.6 Å². The fourth-order valence-corrected chi connectivity index (χ4v) is 3.69. The van der Waals surface area contributed by atoms with Gasteiger partial charge in [-0.2, -0.15) is 0 Å². The molecule has 6 heteroatoms. The molecule has 0 unspecified atom stereocenters. The molecule has 0 amide bonds. The van der Waals surface area contributed by atoms with E-state index in [4.69, 9.17) is 14.2 Å². The minimum absolute atomic E-state index is 0.298. The molecule has 0 bridgehead atoms. The zero-order chi connectivity index (χ0) is 19.4. The maximum absolute atomic E-state index is 9.47. The van der Waals surface area contributed by atoms with Gasteiger partial charge in [0.2, 0.25) is 0 Å². The van der Waals surface area contributed by atoms with E-state index in [0.717, 1.165) is 48.8 Å². The van der Waals surface area contributed by atoms with E-state index in [0.29, 0.717) is 17.5 Å². The molecule has 1 heterocycles. The SMILES string of the molecule is COc1cc(OC)c(N(C)C2CCN(c3ccc(O)cc3)CC2)c(OC)c1. The topological polar surface area (TPSA) is 54.4 Å². The van der Waals surface area contributed by atoms with Crippen molar-refractivity contribution in [1.29, 1.82) is 0 Å². The maximum atomic E-state index is 9.47. The second-order valence-corrected chi connectivity index (χ2v) is 6.73. The number of rotatable bonds is 6. The number of piperidine rings is 1. The largest absolute Gasteiger partial charge is 0.508 e. The highest BCUT2D eigenvalue weighted by Gasteiger charge is 2.27. The smallest absolute Gasteiger partial charge is 0.149 e. The molecule has 146 valence electrons. The first-order valence-electron chi connectivity index (χ1n) is 9.14. The Morgan fingerprint density at radius 1 is 0.926 bits per heavy atom. The minimum Gasteiger partial charge on any atom is -0.508 e. The van der Waals surface area contributed by atoms with Gasteiger partial charge in [-0.15, -0.1) is 0 Å². The van der Waals surface area contributed by atoms with Crippen molar-refractivity contribution in [2.45, 2.75) is 18.9 Å². The summed E-state index contributed by atoms with van der Waals surface area (Å²) in [6.07, 6.45) is 2.05. The van der Waals surface area contributed by atoms with Crippen LogP contribution in [0.3, 0.4) is 0 Å².